The van der Waals surface area contributed by atoms with Crippen LogP contribution in [0.15, 0.2) is 0 Å². The molecule has 0 saturated heterocycles. The Balaban J connectivity index is 1.95. The third-order valence-electron chi connectivity index (χ3n) is 4.86. The van der Waals surface area contributed by atoms with Crippen LogP contribution >= 0.6 is 0 Å². The molecule has 2 aliphatic carbocycles. The largest absolute Gasteiger partial charge is 0.469 e. The molecule has 0 aromatic heterocycles. The molecule has 0 N–H and O–H groups in total. The highest BCUT2D eigenvalue weighted by atomic mass is 16.5. The molecule has 2 aliphatic rings. The van der Waals surface area contributed by atoms with Crippen molar-refractivity contribution in [2.45, 2.75) is 51.4 Å². The van der Waals surface area contributed by atoms with Crippen LogP contribution in [0.2, 0.25) is 0 Å². The zero-order chi connectivity index (χ0) is 12.3. The molecule has 3 nitrogen and oxygen atoms in total. The lowest BCUT2D eigenvalue weighted by atomic mass is 9.89. The quantitative estimate of drug-likeness (QED) is 0.688. The van der Waals surface area contributed by atoms with E-state index < -0.39 is 0 Å². The van der Waals surface area contributed by atoms with Crippen molar-refractivity contribution in [3.8, 4) is 6.07 Å². The summed E-state index contributed by atoms with van der Waals surface area (Å²) in [4.78, 5) is 11.3. The van der Waals surface area contributed by atoms with Gasteiger partial charge < -0.3 is 4.74 Å². The molecule has 0 amide bonds. The Morgan fingerprint density at radius 3 is 2.53 bits per heavy atom. The predicted octanol–water partition coefficient (Wildman–Crippen LogP) is 3.05. The zero-order valence-electron chi connectivity index (χ0n) is 10.6. The van der Waals surface area contributed by atoms with Gasteiger partial charge in [-0.15, -0.1) is 0 Å². The lowest BCUT2D eigenvalue weighted by Crippen LogP contribution is -2.10. The van der Waals surface area contributed by atoms with Gasteiger partial charge in [-0.3, -0.25) is 4.79 Å². The number of hydrogen-bond donors (Lipinski definition) is 0. The molecule has 2 saturated carbocycles. The molecule has 1 unspecified atom stereocenters. The van der Waals surface area contributed by atoms with Crippen LogP contribution in [-0.2, 0) is 9.53 Å². The first-order valence-corrected chi connectivity index (χ1v) is 6.68. The van der Waals surface area contributed by atoms with Gasteiger partial charge in [-0.2, -0.15) is 5.26 Å². The van der Waals surface area contributed by atoms with E-state index >= 15 is 0 Å². The third-order valence-corrected chi connectivity index (χ3v) is 4.86. The van der Waals surface area contributed by atoms with Crippen molar-refractivity contribution < 1.29 is 9.53 Å². The van der Waals surface area contributed by atoms with Gasteiger partial charge in [0, 0.05) is 12.8 Å². The number of fused-ring (bicyclic) bond motifs is 1. The first-order valence-electron chi connectivity index (χ1n) is 6.68. The third kappa shape index (κ3) is 2.31. The summed E-state index contributed by atoms with van der Waals surface area (Å²) in [5.74, 6) is 1.47. The summed E-state index contributed by atoms with van der Waals surface area (Å²) in [6, 6.07) is 2.26. The number of carbonyl (C=O) groups excluding carboxylic acids is 1. The minimum atomic E-state index is -0.107. The molecule has 3 heteroatoms. The molecule has 3 atom stereocenters. The minimum absolute atomic E-state index is 0.107. The summed E-state index contributed by atoms with van der Waals surface area (Å²) < 4.78 is 4.73. The van der Waals surface area contributed by atoms with Gasteiger partial charge in [-0.25, -0.2) is 0 Å². The van der Waals surface area contributed by atoms with Gasteiger partial charge in [-0.05, 0) is 42.9 Å². The van der Waals surface area contributed by atoms with E-state index in [1.165, 1.54) is 32.8 Å². The van der Waals surface area contributed by atoms with Crippen LogP contribution in [0.3, 0.4) is 0 Å². The van der Waals surface area contributed by atoms with Crippen LogP contribution in [0.1, 0.15) is 51.4 Å². The van der Waals surface area contributed by atoms with Gasteiger partial charge in [0.05, 0.1) is 13.2 Å². The number of esters is 1. The second kappa shape index (κ2) is 5.08. The first kappa shape index (κ1) is 12.4. The van der Waals surface area contributed by atoms with Gasteiger partial charge in [0.25, 0.3) is 0 Å². The van der Waals surface area contributed by atoms with E-state index in [0.29, 0.717) is 18.3 Å². The molecular formula is C14H21NO2. The molecule has 94 valence electrons. The second-order valence-corrected chi connectivity index (χ2v) is 5.46. The second-order valence-electron chi connectivity index (χ2n) is 5.46. The number of carbonyl (C=O) groups is 1. The summed E-state index contributed by atoms with van der Waals surface area (Å²) in [6.45, 7) is 0. The summed E-state index contributed by atoms with van der Waals surface area (Å²) in [6.07, 6.45) is 8.32. The minimum Gasteiger partial charge on any atom is -0.469 e. The van der Waals surface area contributed by atoms with E-state index in [9.17, 15) is 4.79 Å². The maximum absolute atomic E-state index is 11.3. The molecule has 2 rings (SSSR count). The maximum Gasteiger partial charge on any atom is 0.305 e. The number of methoxy groups -OCH3 is 1. The molecular weight excluding hydrogens is 214 g/mol. The van der Waals surface area contributed by atoms with Gasteiger partial charge >= 0.3 is 5.97 Å². The van der Waals surface area contributed by atoms with Crippen molar-refractivity contribution in [1.82, 2.24) is 0 Å². The number of ether oxygens (including phenoxy) is 1. The Morgan fingerprint density at radius 2 is 2.00 bits per heavy atom. The van der Waals surface area contributed by atoms with Crippen molar-refractivity contribution in [3.63, 3.8) is 0 Å². The Bertz CT molecular complexity index is 320. The average molecular weight is 235 g/mol. The van der Waals surface area contributed by atoms with Crippen LogP contribution < -0.4 is 0 Å². The first-order chi connectivity index (χ1) is 8.24. The van der Waals surface area contributed by atoms with Crippen molar-refractivity contribution in [2.24, 2.45) is 17.3 Å². The number of nitrogens with zero attached hydrogens (tertiary/aromatic N) is 1. The fraction of sp³-hybridized carbons (Fsp3) is 0.857. The summed E-state index contributed by atoms with van der Waals surface area (Å²) >= 11 is 0. The number of nitriles is 1. The van der Waals surface area contributed by atoms with E-state index in [1.54, 1.807) is 0 Å². The molecule has 2 fully saturated rings. The SMILES string of the molecule is COC(=O)CCC1(CCC#N)[C@@H]2CCCC[C@@H]21. The van der Waals surface area contributed by atoms with Gasteiger partial charge in [-0.1, -0.05) is 12.8 Å². The van der Waals surface area contributed by atoms with Crippen molar-refractivity contribution in [1.29, 1.82) is 5.26 Å². The topological polar surface area (TPSA) is 50.1 Å². The molecule has 0 aliphatic heterocycles. The zero-order valence-corrected chi connectivity index (χ0v) is 10.6. The van der Waals surface area contributed by atoms with Crippen molar-refractivity contribution in [2.75, 3.05) is 7.11 Å². The number of hydrogen-bond acceptors (Lipinski definition) is 3. The van der Waals surface area contributed by atoms with Crippen molar-refractivity contribution >= 4 is 5.97 Å². The van der Waals surface area contributed by atoms with Crippen LogP contribution in [-0.4, -0.2) is 13.1 Å². The van der Waals surface area contributed by atoms with E-state index in [0.717, 1.165) is 24.7 Å². The fourth-order valence-corrected chi connectivity index (χ4v) is 3.97. The van der Waals surface area contributed by atoms with Crippen LogP contribution in [0, 0.1) is 28.6 Å². The Hall–Kier alpha value is -1.04. The molecule has 17 heavy (non-hydrogen) atoms. The lowest BCUT2D eigenvalue weighted by Gasteiger charge is -2.15. The maximum atomic E-state index is 11.3. The normalized spacial score (nSPS) is 34.6. The molecule has 0 bridgehead atoms. The van der Waals surface area contributed by atoms with E-state index in [2.05, 4.69) is 6.07 Å². The van der Waals surface area contributed by atoms with E-state index in [1.807, 2.05) is 0 Å². The van der Waals surface area contributed by atoms with Crippen LogP contribution in [0.25, 0.3) is 0 Å². The van der Waals surface area contributed by atoms with Crippen LogP contribution in [0.5, 0.6) is 0 Å². The summed E-state index contributed by atoms with van der Waals surface area (Å²) in [5.41, 5.74) is 0.306. The van der Waals surface area contributed by atoms with Gasteiger partial charge in [0.1, 0.15) is 0 Å². The average Bonchev–Trinajstić information content (AvgIpc) is 3.02. The molecule has 0 heterocycles. The lowest BCUT2D eigenvalue weighted by molar-refractivity contribution is -0.141. The van der Waals surface area contributed by atoms with Crippen LogP contribution in [0.4, 0.5) is 0 Å². The Morgan fingerprint density at radius 1 is 1.35 bits per heavy atom. The monoisotopic (exact) mass is 235 g/mol. The highest BCUT2D eigenvalue weighted by Crippen LogP contribution is 2.69. The Kier molecular flexibility index (Phi) is 3.71. The van der Waals surface area contributed by atoms with Gasteiger partial charge in [0.2, 0.25) is 0 Å². The highest BCUT2D eigenvalue weighted by molar-refractivity contribution is 5.69. The predicted molar refractivity (Wildman–Crippen MR) is 64.0 cm³/mol. The standard InChI is InChI=1S/C14H21NO2/c1-17-13(16)7-9-14(8-4-10-15)11-5-2-3-6-12(11)14/h11-12H,2-9H2,1H3/t11-,12+,14?. The number of rotatable bonds is 5. The van der Waals surface area contributed by atoms with Crippen molar-refractivity contribution in [3.05, 3.63) is 0 Å². The van der Waals surface area contributed by atoms with Gasteiger partial charge in [0.15, 0.2) is 0 Å². The molecule has 0 aromatic carbocycles. The summed E-state index contributed by atoms with van der Waals surface area (Å²) in [5, 5.41) is 8.77. The highest BCUT2D eigenvalue weighted by Gasteiger charge is 2.62. The molecule has 0 aromatic rings. The summed E-state index contributed by atoms with van der Waals surface area (Å²) in [7, 11) is 1.45. The van der Waals surface area contributed by atoms with E-state index in [4.69, 9.17) is 10.00 Å². The smallest absolute Gasteiger partial charge is 0.305 e. The fourth-order valence-electron chi connectivity index (χ4n) is 3.97. The molecule has 0 spiro atoms. The molecule has 0 radical (unpaired) electrons. The van der Waals surface area contributed by atoms with E-state index in [-0.39, 0.29) is 5.97 Å². The Labute approximate surface area is 103 Å².